The number of carbonyl (C=O) groups excluding carboxylic acids is 1. The number of aromatic nitrogens is 1. The molecule has 3 aromatic carbocycles. The van der Waals surface area contributed by atoms with Crippen LogP contribution in [0, 0.1) is 0 Å². The number of hydrogen-bond acceptors (Lipinski definition) is 7. The van der Waals surface area contributed by atoms with Crippen LogP contribution >= 0.6 is 23.7 Å². The van der Waals surface area contributed by atoms with Crippen LogP contribution in [0.2, 0.25) is 0 Å². The van der Waals surface area contributed by atoms with Crippen LogP contribution in [0.3, 0.4) is 0 Å². The molecule has 37 heavy (non-hydrogen) atoms. The summed E-state index contributed by atoms with van der Waals surface area (Å²) in [5.74, 6) is 2.64. The molecule has 1 heterocycles. The third-order valence-electron chi connectivity index (χ3n) is 5.99. The molecule has 0 atom stereocenters. The van der Waals surface area contributed by atoms with E-state index in [9.17, 15) is 4.79 Å². The van der Waals surface area contributed by atoms with E-state index in [0.717, 1.165) is 30.1 Å². The number of ether oxygens (including phenoxy) is 3. The number of halogens is 1. The lowest BCUT2D eigenvalue weighted by atomic mass is 10.2. The first-order chi connectivity index (χ1) is 17.6. The van der Waals surface area contributed by atoms with Gasteiger partial charge in [-0.05, 0) is 61.6 Å². The van der Waals surface area contributed by atoms with E-state index in [1.54, 1.807) is 31.3 Å². The fourth-order valence-electron chi connectivity index (χ4n) is 3.90. The Morgan fingerprint density at radius 3 is 2.08 bits per heavy atom. The van der Waals surface area contributed by atoms with Crippen molar-refractivity contribution in [2.24, 2.45) is 0 Å². The van der Waals surface area contributed by atoms with Crippen LogP contribution in [0.5, 0.6) is 23.0 Å². The molecule has 0 N–H and O–H groups in total. The average molecular weight is 542 g/mol. The van der Waals surface area contributed by atoms with Crippen LogP contribution in [-0.2, 0) is 0 Å². The summed E-state index contributed by atoms with van der Waals surface area (Å²) in [6, 6.07) is 20.5. The molecule has 1 amide bonds. The van der Waals surface area contributed by atoms with Crippen LogP contribution < -0.4 is 19.1 Å². The van der Waals surface area contributed by atoms with Gasteiger partial charge in [0.2, 0.25) is 0 Å². The van der Waals surface area contributed by atoms with E-state index >= 15 is 0 Å². The molecule has 0 aliphatic rings. The molecule has 1 aromatic heterocycles. The Bertz CT molecular complexity index is 1250. The summed E-state index contributed by atoms with van der Waals surface area (Å²) in [6.45, 7) is 7.30. The summed E-state index contributed by atoms with van der Waals surface area (Å²) in [5.41, 5.74) is 1.25. The molecule has 0 aliphatic carbocycles. The second-order valence-electron chi connectivity index (χ2n) is 8.07. The fraction of sp³-hybridized carbons (Fsp3) is 0.286. The number of anilines is 1. The minimum atomic E-state index is -0.120. The zero-order chi connectivity index (χ0) is 25.5. The number of nitrogens with zero attached hydrogens (tertiary/aromatic N) is 3. The molecule has 0 radical (unpaired) electrons. The quantitative estimate of drug-likeness (QED) is 0.215. The van der Waals surface area contributed by atoms with E-state index in [0.29, 0.717) is 40.0 Å². The monoisotopic (exact) mass is 541 g/mol. The molecule has 0 saturated heterocycles. The number of rotatable bonds is 11. The van der Waals surface area contributed by atoms with Gasteiger partial charge < -0.3 is 19.1 Å². The Labute approximate surface area is 228 Å². The van der Waals surface area contributed by atoms with E-state index in [1.165, 1.54) is 11.3 Å². The van der Waals surface area contributed by atoms with E-state index < -0.39 is 0 Å². The van der Waals surface area contributed by atoms with E-state index in [-0.39, 0.29) is 18.3 Å². The summed E-state index contributed by atoms with van der Waals surface area (Å²) in [6.07, 6.45) is 0. The van der Waals surface area contributed by atoms with Gasteiger partial charge in [0, 0.05) is 18.7 Å². The zero-order valence-corrected chi connectivity index (χ0v) is 23.1. The minimum Gasteiger partial charge on any atom is -0.495 e. The van der Waals surface area contributed by atoms with Gasteiger partial charge in [0.25, 0.3) is 5.91 Å². The third-order valence-corrected chi connectivity index (χ3v) is 7.08. The number of thiazole rings is 1. The average Bonchev–Trinajstić information content (AvgIpc) is 3.36. The number of carbonyl (C=O) groups is 1. The van der Waals surface area contributed by atoms with Gasteiger partial charge >= 0.3 is 0 Å². The van der Waals surface area contributed by atoms with Gasteiger partial charge in [-0.25, -0.2) is 4.98 Å². The first kappa shape index (κ1) is 28.2. The van der Waals surface area contributed by atoms with Crippen LogP contribution in [0.1, 0.15) is 24.2 Å². The Morgan fingerprint density at radius 2 is 1.46 bits per heavy atom. The Balaban J connectivity index is 0.00000380. The van der Waals surface area contributed by atoms with Gasteiger partial charge in [0.15, 0.2) is 5.13 Å². The number of benzene rings is 3. The molecule has 0 spiro atoms. The standard InChI is InChI=1S/C28H31N3O4S.ClH/c1-5-30(6-2)18-19-31(28-29-25-23(33-3)16-17-24(34-4)26(25)36-28)27(32)20-12-14-22(15-13-20)35-21-10-8-7-9-11-21;/h7-17H,5-6,18-19H2,1-4H3;1H. The van der Waals surface area contributed by atoms with Crippen LogP contribution in [0.15, 0.2) is 66.7 Å². The Morgan fingerprint density at radius 1 is 0.838 bits per heavy atom. The normalized spacial score (nSPS) is 10.7. The highest BCUT2D eigenvalue weighted by Crippen LogP contribution is 2.40. The highest BCUT2D eigenvalue weighted by Gasteiger charge is 2.24. The summed E-state index contributed by atoms with van der Waals surface area (Å²) < 4.78 is 17.8. The lowest BCUT2D eigenvalue weighted by molar-refractivity contribution is 0.0983. The van der Waals surface area contributed by atoms with Crippen molar-refractivity contribution < 1.29 is 19.0 Å². The molecule has 196 valence electrons. The number of hydrogen-bond donors (Lipinski definition) is 0. The van der Waals surface area contributed by atoms with E-state index in [2.05, 4.69) is 18.7 Å². The summed E-state index contributed by atoms with van der Waals surface area (Å²) in [7, 11) is 3.24. The Hall–Kier alpha value is -3.33. The second-order valence-corrected chi connectivity index (χ2v) is 9.04. The van der Waals surface area contributed by atoms with Crippen LogP contribution in [0.25, 0.3) is 10.2 Å². The molecule has 9 heteroatoms. The number of methoxy groups -OCH3 is 2. The molecule has 4 rings (SSSR count). The number of fused-ring (bicyclic) bond motifs is 1. The van der Waals surface area contributed by atoms with Gasteiger partial charge in [-0.15, -0.1) is 12.4 Å². The first-order valence-corrected chi connectivity index (χ1v) is 12.8. The van der Waals surface area contributed by atoms with Crippen molar-refractivity contribution in [1.29, 1.82) is 0 Å². The maximum absolute atomic E-state index is 13.8. The zero-order valence-electron chi connectivity index (χ0n) is 21.5. The SMILES string of the molecule is CCN(CC)CCN(C(=O)c1ccc(Oc2ccccc2)cc1)c1nc2c(OC)ccc(OC)c2s1.Cl. The number of amides is 1. The predicted molar refractivity (Wildman–Crippen MR) is 152 cm³/mol. The summed E-state index contributed by atoms with van der Waals surface area (Å²) in [4.78, 5) is 22.6. The van der Waals surface area contributed by atoms with Gasteiger partial charge in [0.1, 0.15) is 33.2 Å². The lowest BCUT2D eigenvalue weighted by Crippen LogP contribution is -2.38. The minimum absolute atomic E-state index is 0. The molecule has 4 aromatic rings. The van der Waals surface area contributed by atoms with Crippen molar-refractivity contribution in [2.75, 3.05) is 45.3 Å². The maximum atomic E-state index is 13.8. The lowest BCUT2D eigenvalue weighted by Gasteiger charge is -2.24. The maximum Gasteiger partial charge on any atom is 0.260 e. The molecule has 0 unspecified atom stereocenters. The summed E-state index contributed by atoms with van der Waals surface area (Å²) in [5, 5.41) is 0.606. The van der Waals surface area contributed by atoms with Crippen LogP contribution in [-0.4, -0.2) is 56.2 Å². The molecule has 0 fully saturated rings. The highest BCUT2D eigenvalue weighted by molar-refractivity contribution is 7.22. The van der Waals surface area contributed by atoms with Crippen molar-refractivity contribution in [3.8, 4) is 23.0 Å². The van der Waals surface area contributed by atoms with Crippen LogP contribution in [0.4, 0.5) is 5.13 Å². The van der Waals surface area contributed by atoms with Crippen molar-refractivity contribution in [1.82, 2.24) is 9.88 Å². The van der Waals surface area contributed by atoms with Gasteiger partial charge in [0.05, 0.1) is 14.2 Å². The third kappa shape index (κ3) is 6.52. The molecule has 7 nitrogen and oxygen atoms in total. The van der Waals surface area contributed by atoms with Gasteiger partial charge in [-0.1, -0.05) is 43.4 Å². The van der Waals surface area contributed by atoms with E-state index in [4.69, 9.17) is 19.2 Å². The highest BCUT2D eigenvalue weighted by atomic mass is 35.5. The Kier molecular flexibility index (Phi) is 10.1. The van der Waals surface area contributed by atoms with Crippen molar-refractivity contribution in [3.05, 3.63) is 72.3 Å². The largest absolute Gasteiger partial charge is 0.495 e. The molecular formula is C28H32ClN3O4S. The van der Waals surface area contributed by atoms with Crippen molar-refractivity contribution in [3.63, 3.8) is 0 Å². The second kappa shape index (κ2) is 13.3. The topological polar surface area (TPSA) is 64.1 Å². The predicted octanol–water partition coefficient (Wildman–Crippen LogP) is 6.52. The first-order valence-electron chi connectivity index (χ1n) is 12.0. The number of likely N-dealkylation sites (N-methyl/N-ethyl adjacent to an activating group) is 1. The number of para-hydroxylation sites is 1. The molecular weight excluding hydrogens is 510 g/mol. The molecule has 0 bridgehead atoms. The fourth-order valence-corrected chi connectivity index (χ4v) is 5.00. The molecule has 0 saturated carbocycles. The van der Waals surface area contributed by atoms with E-state index in [1.807, 2.05) is 54.6 Å². The smallest absolute Gasteiger partial charge is 0.260 e. The molecule has 0 aliphatic heterocycles. The summed E-state index contributed by atoms with van der Waals surface area (Å²) >= 11 is 1.43. The van der Waals surface area contributed by atoms with Crippen molar-refractivity contribution in [2.45, 2.75) is 13.8 Å². The van der Waals surface area contributed by atoms with Gasteiger partial charge in [-0.3, -0.25) is 9.69 Å². The van der Waals surface area contributed by atoms with Gasteiger partial charge in [-0.2, -0.15) is 0 Å². The van der Waals surface area contributed by atoms with Crippen molar-refractivity contribution >= 4 is 45.0 Å².